The van der Waals surface area contributed by atoms with Crippen molar-refractivity contribution in [3.8, 4) is 0 Å². The van der Waals surface area contributed by atoms with Crippen molar-refractivity contribution in [2.45, 2.75) is 71.0 Å². The quantitative estimate of drug-likeness (QED) is 0.837. The minimum atomic E-state index is -0.200. The molecule has 0 saturated heterocycles. The van der Waals surface area contributed by atoms with E-state index < -0.39 is 0 Å². The molecule has 6 nitrogen and oxygen atoms in total. The van der Waals surface area contributed by atoms with E-state index in [1.807, 2.05) is 35.8 Å². The number of nitrogens with one attached hydrogen (secondary N) is 2. The highest BCUT2D eigenvalue weighted by atomic mass is 16.2. The Balaban J connectivity index is 1.53. The number of amides is 2. The van der Waals surface area contributed by atoms with Gasteiger partial charge in [0.25, 0.3) is 11.8 Å². The number of benzene rings is 1. The third kappa shape index (κ3) is 3.81. The van der Waals surface area contributed by atoms with Crippen LogP contribution in [-0.2, 0) is 19.5 Å². The van der Waals surface area contributed by atoms with Crippen LogP contribution in [0.4, 0.5) is 0 Å². The SMILES string of the molecule is Cc1ccccc1CNC(=O)c1nc(C(=O)NC2CCCC2)n2c1CCCC2. The van der Waals surface area contributed by atoms with Gasteiger partial charge >= 0.3 is 0 Å². The Morgan fingerprint density at radius 1 is 1.11 bits per heavy atom. The van der Waals surface area contributed by atoms with Crippen molar-refractivity contribution in [1.82, 2.24) is 20.2 Å². The number of fused-ring (bicyclic) bond motifs is 1. The van der Waals surface area contributed by atoms with Gasteiger partial charge in [0.15, 0.2) is 5.82 Å². The Morgan fingerprint density at radius 2 is 1.89 bits per heavy atom. The lowest BCUT2D eigenvalue weighted by molar-refractivity contribution is 0.0921. The Labute approximate surface area is 165 Å². The minimum absolute atomic E-state index is 0.145. The van der Waals surface area contributed by atoms with Crippen LogP contribution in [0, 0.1) is 6.92 Å². The van der Waals surface area contributed by atoms with E-state index in [2.05, 4.69) is 15.6 Å². The van der Waals surface area contributed by atoms with Gasteiger partial charge in [-0.3, -0.25) is 9.59 Å². The number of aryl methyl sites for hydroxylation is 1. The fourth-order valence-electron chi connectivity index (χ4n) is 4.29. The average Bonchev–Trinajstić information content (AvgIpc) is 3.35. The summed E-state index contributed by atoms with van der Waals surface area (Å²) in [6, 6.07) is 8.24. The Kier molecular flexibility index (Phi) is 5.46. The predicted molar refractivity (Wildman–Crippen MR) is 107 cm³/mol. The van der Waals surface area contributed by atoms with Crippen molar-refractivity contribution in [3.63, 3.8) is 0 Å². The van der Waals surface area contributed by atoms with Crippen molar-refractivity contribution in [2.24, 2.45) is 0 Å². The smallest absolute Gasteiger partial charge is 0.287 e. The summed E-state index contributed by atoms with van der Waals surface area (Å²) in [6.07, 6.45) is 7.21. The van der Waals surface area contributed by atoms with E-state index in [1.54, 1.807) is 0 Å². The zero-order chi connectivity index (χ0) is 19.5. The summed E-state index contributed by atoms with van der Waals surface area (Å²) in [5.74, 6) is 0.0458. The minimum Gasteiger partial charge on any atom is -0.347 e. The molecule has 0 unspecified atom stereocenters. The molecule has 1 aromatic carbocycles. The average molecular weight is 380 g/mol. The fraction of sp³-hybridized carbons (Fsp3) is 0.500. The summed E-state index contributed by atoms with van der Waals surface area (Å²) in [7, 11) is 0. The molecule has 1 aliphatic heterocycles. The van der Waals surface area contributed by atoms with Gasteiger partial charge in [0.1, 0.15) is 5.69 Å². The highest BCUT2D eigenvalue weighted by Crippen LogP contribution is 2.23. The van der Waals surface area contributed by atoms with Crippen LogP contribution in [0.25, 0.3) is 0 Å². The Bertz CT molecular complexity index is 881. The van der Waals surface area contributed by atoms with Crippen LogP contribution >= 0.6 is 0 Å². The number of rotatable bonds is 5. The molecule has 2 aliphatic rings. The summed E-state index contributed by atoms with van der Waals surface area (Å²) in [5, 5.41) is 6.09. The van der Waals surface area contributed by atoms with Crippen molar-refractivity contribution >= 4 is 11.8 Å². The van der Waals surface area contributed by atoms with Crippen molar-refractivity contribution in [2.75, 3.05) is 0 Å². The van der Waals surface area contributed by atoms with E-state index in [4.69, 9.17) is 0 Å². The van der Waals surface area contributed by atoms with Crippen LogP contribution in [0.15, 0.2) is 24.3 Å². The molecule has 1 aromatic heterocycles. The molecule has 2 N–H and O–H groups in total. The maximum Gasteiger partial charge on any atom is 0.287 e. The molecule has 6 heteroatoms. The second-order valence-corrected chi connectivity index (χ2v) is 7.90. The maximum atomic E-state index is 12.9. The predicted octanol–water partition coefficient (Wildman–Crippen LogP) is 3.13. The lowest BCUT2D eigenvalue weighted by Gasteiger charge is -2.18. The number of carbonyl (C=O) groups is 2. The second kappa shape index (κ2) is 8.17. The van der Waals surface area contributed by atoms with Gasteiger partial charge in [0.2, 0.25) is 0 Å². The van der Waals surface area contributed by atoms with Gasteiger partial charge in [-0.25, -0.2) is 4.98 Å². The number of imidazole rings is 1. The maximum absolute atomic E-state index is 12.9. The van der Waals surface area contributed by atoms with Gasteiger partial charge < -0.3 is 15.2 Å². The third-order valence-corrected chi connectivity index (χ3v) is 5.93. The van der Waals surface area contributed by atoms with Crippen molar-refractivity contribution in [1.29, 1.82) is 0 Å². The molecule has 0 atom stereocenters. The third-order valence-electron chi connectivity index (χ3n) is 5.93. The molecule has 0 bridgehead atoms. The van der Waals surface area contributed by atoms with Gasteiger partial charge in [-0.1, -0.05) is 37.1 Å². The van der Waals surface area contributed by atoms with E-state index >= 15 is 0 Å². The molecule has 2 amide bonds. The first-order valence-corrected chi connectivity index (χ1v) is 10.4. The summed E-state index contributed by atoms with van der Waals surface area (Å²) < 4.78 is 1.95. The molecule has 1 saturated carbocycles. The number of carbonyl (C=O) groups excluding carboxylic acids is 2. The molecule has 28 heavy (non-hydrogen) atoms. The fourth-order valence-corrected chi connectivity index (χ4v) is 4.29. The summed E-state index contributed by atoms with van der Waals surface area (Å²) >= 11 is 0. The number of hydrogen-bond donors (Lipinski definition) is 2. The standard InChI is InChI=1S/C22H28N4O2/c1-15-8-2-3-9-16(15)14-23-21(27)19-18-12-6-7-13-26(18)20(25-19)22(28)24-17-10-4-5-11-17/h2-3,8-9,17H,4-7,10-14H2,1H3,(H,23,27)(H,24,28). The molecule has 148 valence electrons. The van der Waals surface area contributed by atoms with Gasteiger partial charge in [-0.05, 0) is 50.2 Å². The molecule has 0 radical (unpaired) electrons. The van der Waals surface area contributed by atoms with Gasteiger partial charge in [-0.15, -0.1) is 0 Å². The molecular formula is C22H28N4O2. The Hall–Kier alpha value is -2.63. The van der Waals surface area contributed by atoms with Crippen LogP contribution in [0.2, 0.25) is 0 Å². The van der Waals surface area contributed by atoms with Gasteiger partial charge in [0.05, 0.1) is 5.69 Å². The lowest BCUT2D eigenvalue weighted by atomic mass is 10.1. The molecule has 1 aliphatic carbocycles. The molecular weight excluding hydrogens is 352 g/mol. The van der Waals surface area contributed by atoms with E-state index in [0.717, 1.165) is 68.3 Å². The monoisotopic (exact) mass is 380 g/mol. The lowest BCUT2D eigenvalue weighted by Crippen LogP contribution is -2.35. The van der Waals surface area contributed by atoms with Crippen molar-refractivity contribution < 1.29 is 9.59 Å². The van der Waals surface area contributed by atoms with Crippen LogP contribution < -0.4 is 10.6 Å². The summed E-state index contributed by atoms with van der Waals surface area (Å²) in [4.78, 5) is 30.2. The highest BCUT2D eigenvalue weighted by molar-refractivity contribution is 5.97. The Morgan fingerprint density at radius 3 is 2.68 bits per heavy atom. The van der Waals surface area contributed by atoms with Crippen molar-refractivity contribution in [3.05, 3.63) is 52.6 Å². The zero-order valence-corrected chi connectivity index (χ0v) is 16.5. The van der Waals surface area contributed by atoms with Crippen LogP contribution in [0.5, 0.6) is 0 Å². The molecule has 2 heterocycles. The molecule has 2 aromatic rings. The topological polar surface area (TPSA) is 76.0 Å². The zero-order valence-electron chi connectivity index (χ0n) is 16.5. The first-order chi connectivity index (χ1) is 13.6. The largest absolute Gasteiger partial charge is 0.347 e. The normalized spacial score (nSPS) is 16.6. The van der Waals surface area contributed by atoms with Crippen LogP contribution in [-0.4, -0.2) is 27.4 Å². The van der Waals surface area contributed by atoms with Crippen LogP contribution in [0.1, 0.15) is 76.5 Å². The first kappa shape index (κ1) is 18.7. The van der Waals surface area contributed by atoms with Crippen LogP contribution in [0.3, 0.4) is 0 Å². The van der Waals surface area contributed by atoms with Gasteiger partial charge in [0, 0.05) is 19.1 Å². The molecule has 0 spiro atoms. The molecule has 4 rings (SSSR count). The summed E-state index contributed by atoms with van der Waals surface area (Å²) in [6.45, 7) is 3.24. The van der Waals surface area contributed by atoms with E-state index in [9.17, 15) is 9.59 Å². The van der Waals surface area contributed by atoms with E-state index in [0.29, 0.717) is 18.1 Å². The number of nitrogens with zero attached hydrogens (tertiary/aromatic N) is 2. The summed E-state index contributed by atoms with van der Waals surface area (Å²) in [5.41, 5.74) is 3.53. The van der Waals surface area contributed by atoms with E-state index in [-0.39, 0.29) is 17.9 Å². The van der Waals surface area contributed by atoms with Gasteiger partial charge in [-0.2, -0.15) is 0 Å². The second-order valence-electron chi connectivity index (χ2n) is 7.90. The number of hydrogen-bond acceptors (Lipinski definition) is 3. The first-order valence-electron chi connectivity index (χ1n) is 10.4. The van der Waals surface area contributed by atoms with E-state index in [1.165, 1.54) is 0 Å². The highest BCUT2D eigenvalue weighted by Gasteiger charge is 2.28. The number of aromatic nitrogens is 2. The molecule has 1 fully saturated rings.